The molecule has 0 amide bonds. The molecule has 1 heterocycles. The van der Waals surface area contributed by atoms with Crippen molar-refractivity contribution in [2.45, 2.75) is 6.61 Å². The zero-order chi connectivity index (χ0) is 6.69. The Kier molecular flexibility index (Phi) is 1.81. The van der Waals surface area contributed by atoms with Crippen molar-refractivity contribution in [3.05, 3.63) is 18.2 Å². The molecule has 0 aliphatic carbocycles. The van der Waals surface area contributed by atoms with Crippen LogP contribution in [0.4, 0.5) is 0 Å². The average Bonchev–Trinajstić information content (AvgIpc) is 2.17. The average molecular weight is 127 g/mol. The summed E-state index contributed by atoms with van der Waals surface area (Å²) in [5, 5.41) is 0. The summed E-state index contributed by atoms with van der Waals surface area (Å²) in [7, 11) is 1.90. The van der Waals surface area contributed by atoms with Gasteiger partial charge in [0.1, 0.15) is 6.61 Å². The third kappa shape index (κ3) is 1.51. The van der Waals surface area contributed by atoms with Gasteiger partial charge >= 0.3 is 0 Å². The maximum Gasteiger partial charge on any atom is 0.112 e. The van der Waals surface area contributed by atoms with E-state index >= 15 is 0 Å². The van der Waals surface area contributed by atoms with Crippen molar-refractivity contribution >= 4 is 0 Å². The molecule has 0 atom stereocenters. The van der Waals surface area contributed by atoms with Crippen LogP contribution < -0.4 is 5.90 Å². The standard InChI is InChI=1S/C5H9N3O/c1-8-2-5(3-9-6)7-4-8/h2,4H,3,6H2,1H3. The van der Waals surface area contributed by atoms with Gasteiger partial charge in [-0.25, -0.2) is 10.9 Å². The third-order valence-electron chi connectivity index (χ3n) is 0.990. The molecule has 0 aliphatic rings. The summed E-state index contributed by atoms with van der Waals surface area (Å²) in [5.74, 6) is 4.82. The van der Waals surface area contributed by atoms with E-state index in [2.05, 4.69) is 9.82 Å². The van der Waals surface area contributed by atoms with E-state index < -0.39 is 0 Å². The van der Waals surface area contributed by atoms with Crippen molar-refractivity contribution < 1.29 is 4.84 Å². The first-order valence-corrected chi connectivity index (χ1v) is 2.61. The van der Waals surface area contributed by atoms with Gasteiger partial charge in [0.25, 0.3) is 0 Å². The van der Waals surface area contributed by atoms with Crippen LogP contribution in [0.3, 0.4) is 0 Å². The van der Waals surface area contributed by atoms with E-state index in [0.717, 1.165) is 5.69 Å². The minimum absolute atomic E-state index is 0.376. The second-order valence-electron chi connectivity index (χ2n) is 1.84. The Morgan fingerprint density at radius 3 is 3.11 bits per heavy atom. The first kappa shape index (κ1) is 6.25. The SMILES string of the molecule is Cn1cnc(CON)c1. The fourth-order valence-corrected chi connectivity index (χ4v) is 0.627. The summed E-state index contributed by atoms with van der Waals surface area (Å²) in [6, 6.07) is 0. The molecular weight excluding hydrogens is 118 g/mol. The summed E-state index contributed by atoms with van der Waals surface area (Å²) in [5.41, 5.74) is 0.847. The van der Waals surface area contributed by atoms with E-state index in [1.807, 2.05) is 17.8 Å². The lowest BCUT2D eigenvalue weighted by Crippen LogP contribution is -1.98. The summed E-state index contributed by atoms with van der Waals surface area (Å²) in [4.78, 5) is 8.33. The van der Waals surface area contributed by atoms with E-state index in [-0.39, 0.29) is 0 Å². The maximum atomic E-state index is 4.82. The molecule has 0 bridgehead atoms. The number of hydrogen-bond donors (Lipinski definition) is 1. The molecule has 4 nitrogen and oxygen atoms in total. The Bertz CT molecular complexity index is 184. The minimum atomic E-state index is 0.376. The van der Waals surface area contributed by atoms with Gasteiger partial charge in [-0.15, -0.1) is 0 Å². The second kappa shape index (κ2) is 2.61. The zero-order valence-electron chi connectivity index (χ0n) is 5.24. The highest BCUT2D eigenvalue weighted by atomic mass is 16.6. The molecule has 4 heteroatoms. The molecule has 0 aromatic carbocycles. The molecule has 0 spiro atoms. The zero-order valence-corrected chi connectivity index (χ0v) is 5.24. The molecule has 0 fully saturated rings. The van der Waals surface area contributed by atoms with Gasteiger partial charge in [0, 0.05) is 13.2 Å². The lowest BCUT2D eigenvalue weighted by atomic mass is 10.5. The van der Waals surface area contributed by atoms with Crippen molar-refractivity contribution in [2.24, 2.45) is 12.9 Å². The topological polar surface area (TPSA) is 53.1 Å². The predicted molar refractivity (Wildman–Crippen MR) is 32.2 cm³/mol. The van der Waals surface area contributed by atoms with Crippen LogP contribution in [0.2, 0.25) is 0 Å². The Balaban J connectivity index is 2.61. The van der Waals surface area contributed by atoms with Crippen LogP contribution >= 0.6 is 0 Å². The van der Waals surface area contributed by atoms with Crippen LogP contribution in [0.15, 0.2) is 12.5 Å². The van der Waals surface area contributed by atoms with Gasteiger partial charge in [0.2, 0.25) is 0 Å². The lowest BCUT2D eigenvalue weighted by Gasteiger charge is -1.88. The van der Waals surface area contributed by atoms with Crippen LogP contribution in [0, 0.1) is 0 Å². The maximum absolute atomic E-state index is 4.82. The van der Waals surface area contributed by atoms with Gasteiger partial charge in [-0.1, -0.05) is 0 Å². The monoisotopic (exact) mass is 127 g/mol. The fraction of sp³-hybridized carbons (Fsp3) is 0.400. The van der Waals surface area contributed by atoms with Gasteiger partial charge in [0.05, 0.1) is 12.0 Å². The van der Waals surface area contributed by atoms with Crippen molar-refractivity contribution in [3.63, 3.8) is 0 Å². The minimum Gasteiger partial charge on any atom is -0.340 e. The third-order valence-corrected chi connectivity index (χ3v) is 0.990. The normalized spacial score (nSPS) is 10.0. The number of aromatic nitrogens is 2. The lowest BCUT2D eigenvalue weighted by molar-refractivity contribution is 0.121. The van der Waals surface area contributed by atoms with Crippen molar-refractivity contribution in [1.82, 2.24) is 9.55 Å². The van der Waals surface area contributed by atoms with Gasteiger partial charge in [-0.05, 0) is 0 Å². The van der Waals surface area contributed by atoms with Crippen molar-refractivity contribution in [3.8, 4) is 0 Å². The number of nitrogens with two attached hydrogens (primary N) is 1. The highest BCUT2D eigenvalue weighted by Crippen LogP contribution is 1.93. The van der Waals surface area contributed by atoms with E-state index in [0.29, 0.717) is 6.61 Å². The summed E-state index contributed by atoms with van der Waals surface area (Å²) >= 11 is 0. The first-order chi connectivity index (χ1) is 4.33. The van der Waals surface area contributed by atoms with Gasteiger partial charge in [0.15, 0.2) is 0 Å². The largest absolute Gasteiger partial charge is 0.340 e. The van der Waals surface area contributed by atoms with E-state index in [9.17, 15) is 0 Å². The van der Waals surface area contributed by atoms with Crippen LogP contribution in [0.1, 0.15) is 5.69 Å². The molecule has 1 aromatic heterocycles. The number of rotatable bonds is 2. The Morgan fingerprint density at radius 2 is 2.67 bits per heavy atom. The molecule has 0 saturated carbocycles. The number of imidazole rings is 1. The predicted octanol–water partition coefficient (Wildman–Crippen LogP) is -0.190. The Morgan fingerprint density at radius 1 is 1.89 bits per heavy atom. The van der Waals surface area contributed by atoms with Gasteiger partial charge < -0.3 is 4.57 Å². The quantitative estimate of drug-likeness (QED) is 0.560. The highest BCUT2D eigenvalue weighted by molar-refractivity contribution is 4.93. The fourth-order valence-electron chi connectivity index (χ4n) is 0.627. The molecular formula is C5H9N3O. The van der Waals surface area contributed by atoms with Crippen LogP contribution in [-0.4, -0.2) is 9.55 Å². The molecule has 1 rings (SSSR count). The molecule has 0 radical (unpaired) electrons. The molecule has 9 heavy (non-hydrogen) atoms. The van der Waals surface area contributed by atoms with E-state index in [4.69, 9.17) is 5.90 Å². The molecule has 0 saturated heterocycles. The van der Waals surface area contributed by atoms with Crippen molar-refractivity contribution in [2.75, 3.05) is 0 Å². The summed E-state index contributed by atoms with van der Waals surface area (Å²) in [6.07, 6.45) is 3.56. The van der Waals surface area contributed by atoms with Crippen molar-refractivity contribution in [1.29, 1.82) is 0 Å². The number of hydrogen-bond acceptors (Lipinski definition) is 3. The van der Waals surface area contributed by atoms with Gasteiger partial charge in [-0.2, -0.15) is 0 Å². The Labute approximate surface area is 53.2 Å². The summed E-state index contributed by atoms with van der Waals surface area (Å²) in [6.45, 7) is 0.376. The number of nitrogens with zero attached hydrogens (tertiary/aromatic N) is 2. The Hall–Kier alpha value is -0.870. The molecule has 0 aliphatic heterocycles. The van der Waals surface area contributed by atoms with Crippen LogP contribution in [-0.2, 0) is 18.5 Å². The highest BCUT2D eigenvalue weighted by Gasteiger charge is 1.92. The summed E-state index contributed by atoms with van der Waals surface area (Å²) < 4.78 is 1.84. The van der Waals surface area contributed by atoms with E-state index in [1.165, 1.54) is 0 Å². The molecule has 0 unspecified atom stereocenters. The van der Waals surface area contributed by atoms with Crippen LogP contribution in [0.5, 0.6) is 0 Å². The second-order valence-corrected chi connectivity index (χ2v) is 1.84. The van der Waals surface area contributed by atoms with E-state index in [1.54, 1.807) is 6.33 Å². The smallest absolute Gasteiger partial charge is 0.112 e. The first-order valence-electron chi connectivity index (χ1n) is 2.61. The molecule has 50 valence electrons. The van der Waals surface area contributed by atoms with Crippen LogP contribution in [0.25, 0.3) is 0 Å². The molecule has 2 N–H and O–H groups in total. The molecule has 1 aromatic rings. The number of aryl methyl sites for hydroxylation is 1. The van der Waals surface area contributed by atoms with Gasteiger partial charge in [-0.3, -0.25) is 4.84 Å².